The van der Waals surface area contributed by atoms with E-state index in [-0.39, 0.29) is 24.3 Å². The van der Waals surface area contributed by atoms with E-state index in [0.29, 0.717) is 18.1 Å². The average molecular weight is 296 g/mol. The molecule has 7 nitrogen and oxygen atoms in total. The fourth-order valence-electron chi connectivity index (χ4n) is 2.53. The van der Waals surface area contributed by atoms with Crippen LogP contribution in [0.3, 0.4) is 0 Å². The van der Waals surface area contributed by atoms with E-state index in [2.05, 4.69) is 41.5 Å². The normalized spacial score (nSPS) is 24.6. The third-order valence-corrected chi connectivity index (χ3v) is 3.50. The molecule has 0 aromatic carbocycles. The lowest BCUT2D eigenvalue weighted by molar-refractivity contribution is -0.0777. The summed E-state index contributed by atoms with van der Waals surface area (Å²) in [6.07, 6.45) is 0.450. The molecule has 1 aliphatic rings. The molecule has 1 fully saturated rings. The van der Waals surface area contributed by atoms with Gasteiger partial charge in [0.05, 0.1) is 12.2 Å². The molecule has 0 spiro atoms. The van der Waals surface area contributed by atoms with Gasteiger partial charge in [-0.15, -0.1) is 0 Å². The molecule has 1 aliphatic heterocycles. The molecule has 1 aromatic rings. The zero-order valence-electron chi connectivity index (χ0n) is 13.0. The standard InChI is InChI=1S/C14H24N4O3/c1-9(18-7-11(3)20-12(4)8-18)6-15-14(19)16-13-5-10(2)21-17-13/h5,9,11-12H,6-8H2,1-4H3,(H2,15,16,17,19). The molecule has 0 radical (unpaired) electrons. The van der Waals surface area contributed by atoms with Crippen LogP contribution in [0, 0.1) is 6.92 Å². The lowest BCUT2D eigenvalue weighted by Gasteiger charge is -2.38. The SMILES string of the molecule is Cc1cc(NC(=O)NCC(C)N2CC(C)OC(C)C2)no1. The van der Waals surface area contributed by atoms with E-state index in [4.69, 9.17) is 9.26 Å². The van der Waals surface area contributed by atoms with Crippen LogP contribution in [0.1, 0.15) is 26.5 Å². The number of hydrogen-bond acceptors (Lipinski definition) is 5. The fourth-order valence-corrected chi connectivity index (χ4v) is 2.53. The Labute approximate surface area is 125 Å². The van der Waals surface area contributed by atoms with Crippen molar-refractivity contribution in [1.29, 1.82) is 0 Å². The first-order valence-electron chi connectivity index (χ1n) is 7.31. The van der Waals surface area contributed by atoms with Crippen LogP contribution in [0.4, 0.5) is 10.6 Å². The number of anilines is 1. The molecule has 1 aromatic heterocycles. The minimum atomic E-state index is -0.274. The second kappa shape index (κ2) is 6.91. The maximum Gasteiger partial charge on any atom is 0.320 e. The first kappa shape index (κ1) is 15.8. The van der Waals surface area contributed by atoms with Crippen molar-refractivity contribution in [2.75, 3.05) is 25.0 Å². The summed E-state index contributed by atoms with van der Waals surface area (Å²) in [5, 5.41) is 9.21. The summed E-state index contributed by atoms with van der Waals surface area (Å²) in [6.45, 7) is 10.4. The first-order valence-corrected chi connectivity index (χ1v) is 7.31. The minimum Gasteiger partial charge on any atom is -0.373 e. The van der Waals surface area contributed by atoms with Crippen LogP contribution in [-0.4, -0.2) is 54.0 Å². The molecule has 2 N–H and O–H groups in total. The van der Waals surface area contributed by atoms with E-state index in [1.54, 1.807) is 13.0 Å². The molecule has 118 valence electrons. The highest BCUT2D eigenvalue weighted by Gasteiger charge is 2.25. The molecule has 7 heteroatoms. The second-order valence-corrected chi connectivity index (χ2v) is 5.72. The summed E-state index contributed by atoms with van der Waals surface area (Å²) in [5.74, 6) is 1.08. The van der Waals surface area contributed by atoms with Gasteiger partial charge < -0.3 is 14.6 Å². The molecular weight excluding hydrogens is 272 g/mol. The summed E-state index contributed by atoms with van der Waals surface area (Å²) < 4.78 is 10.6. The van der Waals surface area contributed by atoms with Crippen molar-refractivity contribution in [1.82, 2.24) is 15.4 Å². The van der Waals surface area contributed by atoms with E-state index < -0.39 is 0 Å². The number of ether oxygens (including phenoxy) is 1. The fraction of sp³-hybridized carbons (Fsp3) is 0.714. The third-order valence-electron chi connectivity index (χ3n) is 3.50. The van der Waals surface area contributed by atoms with Gasteiger partial charge in [-0.25, -0.2) is 4.79 Å². The molecule has 0 aliphatic carbocycles. The van der Waals surface area contributed by atoms with Gasteiger partial charge in [0.25, 0.3) is 0 Å². The number of amides is 2. The number of morpholine rings is 1. The number of aromatic nitrogens is 1. The second-order valence-electron chi connectivity index (χ2n) is 5.72. The van der Waals surface area contributed by atoms with Crippen molar-refractivity contribution < 1.29 is 14.1 Å². The van der Waals surface area contributed by atoms with E-state index in [0.717, 1.165) is 13.1 Å². The summed E-state index contributed by atoms with van der Waals surface area (Å²) in [4.78, 5) is 14.1. The molecule has 2 rings (SSSR count). The predicted molar refractivity (Wildman–Crippen MR) is 79.3 cm³/mol. The number of carbonyl (C=O) groups excluding carboxylic acids is 1. The topological polar surface area (TPSA) is 79.6 Å². The van der Waals surface area contributed by atoms with Gasteiger partial charge in [0.2, 0.25) is 0 Å². The number of carbonyl (C=O) groups is 1. The Morgan fingerprint density at radius 1 is 1.48 bits per heavy atom. The number of nitrogens with zero attached hydrogens (tertiary/aromatic N) is 2. The van der Waals surface area contributed by atoms with Crippen molar-refractivity contribution in [3.05, 3.63) is 11.8 Å². The smallest absolute Gasteiger partial charge is 0.320 e. The largest absolute Gasteiger partial charge is 0.373 e. The molecular formula is C14H24N4O3. The Bertz CT molecular complexity index is 467. The Hall–Kier alpha value is -1.60. The predicted octanol–water partition coefficient (Wildman–Crippen LogP) is 1.60. The molecule has 0 bridgehead atoms. The molecule has 2 amide bonds. The van der Waals surface area contributed by atoms with Gasteiger partial charge >= 0.3 is 6.03 Å². The van der Waals surface area contributed by atoms with Crippen molar-refractivity contribution in [3.8, 4) is 0 Å². The lowest BCUT2D eigenvalue weighted by atomic mass is 10.2. The van der Waals surface area contributed by atoms with Crippen LogP contribution in [0.5, 0.6) is 0 Å². The van der Waals surface area contributed by atoms with Crippen LogP contribution < -0.4 is 10.6 Å². The summed E-state index contributed by atoms with van der Waals surface area (Å²) in [7, 11) is 0. The molecule has 21 heavy (non-hydrogen) atoms. The van der Waals surface area contributed by atoms with Gasteiger partial charge in [-0.2, -0.15) is 0 Å². The van der Waals surface area contributed by atoms with Gasteiger partial charge in [-0.3, -0.25) is 10.2 Å². The van der Waals surface area contributed by atoms with Gasteiger partial charge in [-0.05, 0) is 27.7 Å². The van der Waals surface area contributed by atoms with Crippen LogP contribution in [0.2, 0.25) is 0 Å². The summed E-state index contributed by atoms with van der Waals surface area (Å²) in [6, 6.07) is 1.65. The molecule has 1 saturated heterocycles. The lowest BCUT2D eigenvalue weighted by Crippen LogP contribution is -2.52. The Morgan fingerprint density at radius 3 is 2.71 bits per heavy atom. The van der Waals surface area contributed by atoms with E-state index in [1.165, 1.54) is 0 Å². The van der Waals surface area contributed by atoms with Gasteiger partial charge in [0.1, 0.15) is 5.76 Å². The van der Waals surface area contributed by atoms with Gasteiger partial charge in [0, 0.05) is 31.7 Å². The van der Waals surface area contributed by atoms with Crippen LogP contribution in [0.15, 0.2) is 10.6 Å². The van der Waals surface area contributed by atoms with E-state index in [9.17, 15) is 4.79 Å². The number of rotatable bonds is 4. The van der Waals surface area contributed by atoms with E-state index >= 15 is 0 Å². The van der Waals surface area contributed by atoms with Crippen molar-refractivity contribution in [2.45, 2.75) is 45.9 Å². The third kappa shape index (κ3) is 4.71. The Balaban J connectivity index is 1.75. The zero-order valence-corrected chi connectivity index (χ0v) is 13.0. The number of aryl methyl sites for hydroxylation is 1. The highest BCUT2D eigenvalue weighted by Crippen LogP contribution is 2.13. The van der Waals surface area contributed by atoms with Gasteiger partial charge in [-0.1, -0.05) is 5.16 Å². The average Bonchev–Trinajstić information content (AvgIpc) is 2.80. The van der Waals surface area contributed by atoms with Crippen LogP contribution in [0.25, 0.3) is 0 Å². The van der Waals surface area contributed by atoms with Gasteiger partial charge in [0.15, 0.2) is 5.82 Å². The highest BCUT2D eigenvalue weighted by molar-refractivity contribution is 5.88. The molecule has 2 heterocycles. The Kier molecular flexibility index (Phi) is 5.19. The molecule has 3 atom stereocenters. The summed E-state index contributed by atoms with van der Waals surface area (Å²) >= 11 is 0. The number of urea groups is 1. The van der Waals surface area contributed by atoms with Crippen LogP contribution in [-0.2, 0) is 4.74 Å². The number of nitrogens with one attached hydrogen (secondary N) is 2. The first-order chi connectivity index (χ1) is 9.94. The molecule has 0 saturated carbocycles. The quantitative estimate of drug-likeness (QED) is 0.882. The Morgan fingerprint density at radius 2 is 2.14 bits per heavy atom. The maximum atomic E-state index is 11.8. The van der Waals surface area contributed by atoms with Crippen LogP contribution >= 0.6 is 0 Å². The number of hydrogen-bond donors (Lipinski definition) is 2. The summed E-state index contributed by atoms with van der Waals surface area (Å²) in [5.41, 5.74) is 0. The van der Waals surface area contributed by atoms with Crippen molar-refractivity contribution in [3.63, 3.8) is 0 Å². The highest BCUT2D eigenvalue weighted by atomic mass is 16.5. The minimum absolute atomic E-state index is 0.225. The van der Waals surface area contributed by atoms with Crippen molar-refractivity contribution in [2.24, 2.45) is 0 Å². The van der Waals surface area contributed by atoms with Crippen molar-refractivity contribution >= 4 is 11.8 Å². The zero-order chi connectivity index (χ0) is 15.4. The van der Waals surface area contributed by atoms with E-state index in [1.807, 2.05) is 0 Å². The molecule has 3 unspecified atom stereocenters. The monoisotopic (exact) mass is 296 g/mol. The maximum absolute atomic E-state index is 11.8.